The van der Waals surface area contributed by atoms with Crippen LogP contribution in [-0.2, 0) is 10.0 Å². The van der Waals surface area contributed by atoms with Crippen molar-refractivity contribution < 1.29 is 22.0 Å². The van der Waals surface area contributed by atoms with Gasteiger partial charge in [-0.3, -0.25) is 4.72 Å². The van der Waals surface area contributed by atoms with Crippen molar-refractivity contribution in [3.8, 4) is 17.4 Å². The third kappa shape index (κ3) is 3.68. The van der Waals surface area contributed by atoms with Crippen LogP contribution in [0.4, 0.5) is 5.69 Å². The summed E-state index contributed by atoms with van der Waals surface area (Å²) in [5.41, 5.74) is 0.404. The largest absolute Gasteiger partial charge is 0.494 e. The van der Waals surface area contributed by atoms with Gasteiger partial charge in [0.1, 0.15) is 5.75 Å². The van der Waals surface area contributed by atoms with Gasteiger partial charge in [-0.1, -0.05) is 6.42 Å². The van der Waals surface area contributed by atoms with E-state index in [-0.39, 0.29) is 16.7 Å². The topological polar surface area (TPSA) is 107 Å². The molecule has 1 aliphatic rings. The van der Waals surface area contributed by atoms with Crippen LogP contribution < -0.4 is 9.46 Å². The maximum atomic E-state index is 12.5. The molecule has 2 aromatic heterocycles. The molecule has 0 spiro atoms. The summed E-state index contributed by atoms with van der Waals surface area (Å²) in [6.45, 7) is 2.42. The van der Waals surface area contributed by atoms with E-state index in [2.05, 4.69) is 14.9 Å². The monoisotopic (exact) mass is 389 g/mol. The number of nitrogens with zero attached hydrogens (tertiary/aromatic N) is 2. The predicted molar refractivity (Wildman–Crippen MR) is 97.0 cm³/mol. The van der Waals surface area contributed by atoms with Crippen LogP contribution in [0.3, 0.4) is 0 Å². The normalized spacial score (nSPS) is 14.7. The summed E-state index contributed by atoms with van der Waals surface area (Å²) in [4.78, 5) is 0. The van der Waals surface area contributed by atoms with E-state index in [9.17, 15) is 8.42 Å². The first kappa shape index (κ1) is 17.6. The number of rotatable bonds is 7. The minimum Gasteiger partial charge on any atom is -0.494 e. The number of hydrogen-bond acceptors (Lipinski definition) is 7. The molecule has 27 heavy (non-hydrogen) atoms. The zero-order valence-electron chi connectivity index (χ0n) is 14.7. The van der Waals surface area contributed by atoms with Gasteiger partial charge in [-0.05, 0) is 56.2 Å². The van der Waals surface area contributed by atoms with Crippen LogP contribution in [0.5, 0.6) is 5.75 Å². The number of nitrogens with one attached hydrogen (secondary N) is 1. The lowest BCUT2D eigenvalue weighted by atomic mass is 9.85. The molecule has 0 unspecified atom stereocenters. The first-order chi connectivity index (χ1) is 13.0. The van der Waals surface area contributed by atoms with E-state index < -0.39 is 10.0 Å². The van der Waals surface area contributed by atoms with E-state index in [1.807, 2.05) is 6.92 Å². The zero-order chi connectivity index (χ0) is 18.9. The second kappa shape index (κ2) is 7.07. The van der Waals surface area contributed by atoms with E-state index in [1.54, 1.807) is 24.3 Å². The number of sulfonamides is 1. The van der Waals surface area contributed by atoms with Gasteiger partial charge in [0.25, 0.3) is 15.9 Å². The zero-order valence-corrected chi connectivity index (χ0v) is 15.5. The van der Waals surface area contributed by atoms with Crippen molar-refractivity contribution >= 4 is 15.7 Å². The fourth-order valence-corrected chi connectivity index (χ4v) is 3.72. The predicted octanol–water partition coefficient (Wildman–Crippen LogP) is 3.80. The Labute approximate surface area is 156 Å². The van der Waals surface area contributed by atoms with Gasteiger partial charge in [0.05, 0.1) is 6.61 Å². The third-order valence-corrected chi connectivity index (χ3v) is 5.62. The first-order valence-electron chi connectivity index (χ1n) is 8.74. The van der Waals surface area contributed by atoms with Crippen LogP contribution in [0, 0.1) is 0 Å². The number of benzene rings is 1. The van der Waals surface area contributed by atoms with Crippen LogP contribution in [0.15, 0.2) is 50.3 Å². The highest BCUT2D eigenvalue weighted by molar-refractivity contribution is 7.92. The summed E-state index contributed by atoms with van der Waals surface area (Å²) >= 11 is 0. The number of furan rings is 1. The van der Waals surface area contributed by atoms with Crippen molar-refractivity contribution in [1.29, 1.82) is 0 Å². The molecule has 1 saturated carbocycles. The van der Waals surface area contributed by atoms with E-state index in [0.717, 1.165) is 19.3 Å². The minimum absolute atomic E-state index is 0.180. The fraction of sp³-hybridized carbons (Fsp3) is 0.333. The Morgan fingerprint density at radius 2 is 1.89 bits per heavy atom. The molecule has 8 nitrogen and oxygen atoms in total. The number of anilines is 1. The molecule has 0 radical (unpaired) electrons. The Hall–Kier alpha value is -2.81. The van der Waals surface area contributed by atoms with Gasteiger partial charge in [0.15, 0.2) is 5.76 Å². The fourth-order valence-electron chi connectivity index (χ4n) is 2.73. The molecular formula is C18H19N3O5S. The number of ether oxygens (including phenoxy) is 1. The molecule has 142 valence electrons. The SMILES string of the molecule is CCOc1ccc(NS(=O)(=O)c2ccc(-c3nnc(C4CCC4)o3)o2)cc1. The molecule has 1 N–H and O–H groups in total. The van der Waals surface area contributed by atoms with Crippen molar-refractivity contribution in [1.82, 2.24) is 10.2 Å². The molecule has 0 atom stereocenters. The van der Waals surface area contributed by atoms with Gasteiger partial charge in [0.2, 0.25) is 11.0 Å². The van der Waals surface area contributed by atoms with Crippen LogP contribution in [0.2, 0.25) is 0 Å². The van der Waals surface area contributed by atoms with Crippen molar-refractivity contribution in [3.63, 3.8) is 0 Å². The lowest BCUT2D eigenvalue weighted by Gasteiger charge is -2.20. The van der Waals surface area contributed by atoms with E-state index >= 15 is 0 Å². The molecule has 1 fully saturated rings. The molecule has 1 aliphatic carbocycles. The van der Waals surface area contributed by atoms with Crippen molar-refractivity contribution in [3.05, 3.63) is 42.3 Å². The highest BCUT2D eigenvalue weighted by atomic mass is 32.2. The Kier molecular flexibility index (Phi) is 4.61. The van der Waals surface area contributed by atoms with Crippen LogP contribution in [0.1, 0.15) is 38.0 Å². The summed E-state index contributed by atoms with van der Waals surface area (Å²) in [5, 5.41) is 7.75. The molecule has 0 saturated heterocycles. The molecular weight excluding hydrogens is 370 g/mol. The van der Waals surface area contributed by atoms with E-state index in [1.165, 1.54) is 12.1 Å². The summed E-state index contributed by atoms with van der Waals surface area (Å²) in [7, 11) is -3.88. The Balaban J connectivity index is 1.50. The van der Waals surface area contributed by atoms with Crippen LogP contribution >= 0.6 is 0 Å². The molecule has 2 heterocycles. The van der Waals surface area contributed by atoms with E-state index in [0.29, 0.717) is 29.9 Å². The molecule has 0 amide bonds. The van der Waals surface area contributed by atoms with Gasteiger partial charge < -0.3 is 13.6 Å². The molecule has 0 aliphatic heterocycles. The smallest absolute Gasteiger partial charge is 0.295 e. The highest BCUT2D eigenvalue weighted by Gasteiger charge is 2.27. The summed E-state index contributed by atoms with van der Waals surface area (Å²) < 4.78 is 43.9. The molecule has 4 rings (SSSR count). The van der Waals surface area contributed by atoms with Gasteiger partial charge in [0, 0.05) is 11.6 Å². The summed E-state index contributed by atoms with van der Waals surface area (Å²) in [6, 6.07) is 9.49. The van der Waals surface area contributed by atoms with Crippen LogP contribution in [0.25, 0.3) is 11.7 Å². The standard InChI is InChI=1S/C18H19N3O5S/c1-2-24-14-8-6-13(7-9-14)21-27(22,23)16-11-10-15(25-16)18-20-19-17(26-18)12-4-3-5-12/h6-12,21H,2-5H2,1H3. The highest BCUT2D eigenvalue weighted by Crippen LogP contribution is 2.36. The summed E-state index contributed by atoms with van der Waals surface area (Å²) in [5.74, 6) is 1.94. The quantitative estimate of drug-likeness (QED) is 0.655. The second-order valence-electron chi connectivity index (χ2n) is 6.25. The van der Waals surface area contributed by atoms with Crippen molar-refractivity contribution in [2.24, 2.45) is 0 Å². The first-order valence-corrected chi connectivity index (χ1v) is 10.2. The molecule has 3 aromatic rings. The Morgan fingerprint density at radius 1 is 1.11 bits per heavy atom. The lowest BCUT2D eigenvalue weighted by Crippen LogP contribution is -2.12. The Morgan fingerprint density at radius 3 is 2.56 bits per heavy atom. The van der Waals surface area contributed by atoms with Crippen molar-refractivity contribution in [2.75, 3.05) is 11.3 Å². The Bertz CT molecular complexity index is 1020. The third-order valence-electron chi connectivity index (χ3n) is 4.37. The van der Waals surface area contributed by atoms with Crippen LogP contribution in [-0.4, -0.2) is 25.2 Å². The van der Waals surface area contributed by atoms with Gasteiger partial charge in [-0.2, -0.15) is 8.42 Å². The second-order valence-corrected chi connectivity index (χ2v) is 7.87. The number of aromatic nitrogens is 2. The maximum absolute atomic E-state index is 12.5. The van der Waals surface area contributed by atoms with Gasteiger partial charge >= 0.3 is 0 Å². The molecule has 1 aromatic carbocycles. The van der Waals surface area contributed by atoms with Crippen molar-refractivity contribution in [2.45, 2.75) is 37.2 Å². The minimum atomic E-state index is -3.88. The molecule has 9 heteroatoms. The maximum Gasteiger partial charge on any atom is 0.295 e. The van der Waals surface area contributed by atoms with Gasteiger partial charge in [-0.25, -0.2) is 0 Å². The number of hydrogen-bond donors (Lipinski definition) is 1. The summed E-state index contributed by atoms with van der Waals surface area (Å²) in [6.07, 6.45) is 3.22. The van der Waals surface area contributed by atoms with Gasteiger partial charge in [-0.15, -0.1) is 10.2 Å². The average molecular weight is 389 g/mol. The molecule has 0 bridgehead atoms. The lowest BCUT2D eigenvalue weighted by molar-refractivity contribution is 0.334. The van der Waals surface area contributed by atoms with E-state index in [4.69, 9.17) is 13.6 Å². The average Bonchev–Trinajstić information content (AvgIpc) is 3.24.